The molecule has 0 heterocycles. The van der Waals surface area contributed by atoms with E-state index in [1.165, 1.54) is 12.1 Å². The van der Waals surface area contributed by atoms with Gasteiger partial charge in [-0.25, -0.2) is 4.39 Å². The molecule has 0 saturated heterocycles. The average Bonchev–Trinajstić information content (AvgIpc) is 2.29. The number of hydrogen-bond donors (Lipinski definition) is 2. The van der Waals surface area contributed by atoms with E-state index in [1.807, 2.05) is 18.9 Å². The Morgan fingerprint density at radius 3 is 2.82 bits per heavy atom. The molecule has 0 radical (unpaired) electrons. The third-order valence-electron chi connectivity index (χ3n) is 2.44. The van der Waals surface area contributed by atoms with Crippen molar-refractivity contribution in [3.05, 3.63) is 29.6 Å². The lowest BCUT2D eigenvalue weighted by Gasteiger charge is -2.22. The highest BCUT2D eigenvalue weighted by Gasteiger charge is 2.10. The predicted molar refractivity (Wildman–Crippen MR) is 67.2 cm³/mol. The first-order valence-electron chi connectivity index (χ1n) is 5.49. The number of benzene rings is 1. The first-order valence-corrected chi connectivity index (χ1v) is 5.49. The number of hydrogen-bond acceptors (Lipinski definition) is 3. The Bertz CT molecular complexity index is 395. The number of nitrogens with one attached hydrogen (secondary N) is 1. The Morgan fingerprint density at radius 2 is 2.24 bits per heavy atom. The van der Waals surface area contributed by atoms with Crippen LogP contribution < -0.4 is 10.6 Å². The van der Waals surface area contributed by atoms with E-state index in [1.54, 1.807) is 6.07 Å². The zero-order valence-electron chi connectivity index (χ0n) is 10.2. The van der Waals surface area contributed by atoms with Gasteiger partial charge in [-0.1, -0.05) is 0 Å². The third-order valence-corrected chi connectivity index (χ3v) is 2.44. The van der Waals surface area contributed by atoms with E-state index in [9.17, 15) is 4.39 Å². The van der Waals surface area contributed by atoms with Gasteiger partial charge < -0.3 is 15.4 Å². The van der Waals surface area contributed by atoms with Crippen LogP contribution in [0.15, 0.2) is 18.2 Å². The highest BCUT2D eigenvalue weighted by molar-refractivity contribution is 6.00. The molecule has 0 aliphatic heterocycles. The van der Waals surface area contributed by atoms with Crippen LogP contribution in [0.4, 0.5) is 10.1 Å². The van der Waals surface area contributed by atoms with Crippen molar-refractivity contribution in [3.63, 3.8) is 0 Å². The summed E-state index contributed by atoms with van der Waals surface area (Å²) >= 11 is 0. The molecule has 1 aromatic rings. The molecule has 0 aromatic heterocycles. The van der Waals surface area contributed by atoms with Crippen molar-refractivity contribution in [2.24, 2.45) is 5.73 Å². The van der Waals surface area contributed by atoms with Gasteiger partial charge in [0.25, 0.3) is 0 Å². The second-order valence-corrected chi connectivity index (χ2v) is 3.69. The van der Waals surface area contributed by atoms with Crippen molar-refractivity contribution in [2.75, 3.05) is 31.7 Å². The molecule has 5 heteroatoms. The molecule has 0 fully saturated rings. The van der Waals surface area contributed by atoms with Gasteiger partial charge in [0, 0.05) is 31.5 Å². The smallest absolute Gasteiger partial charge is 0.125 e. The summed E-state index contributed by atoms with van der Waals surface area (Å²) in [5.41, 5.74) is 6.58. The molecule has 0 aliphatic carbocycles. The van der Waals surface area contributed by atoms with Gasteiger partial charge in [-0.2, -0.15) is 0 Å². The van der Waals surface area contributed by atoms with Crippen LogP contribution in [0.1, 0.15) is 12.5 Å². The monoisotopic (exact) mass is 239 g/mol. The summed E-state index contributed by atoms with van der Waals surface area (Å²) in [6, 6.07) is 4.26. The zero-order chi connectivity index (χ0) is 12.8. The molecule has 0 bridgehead atoms. The van der Waals surface area contributed by atoms with Crippen LogP contribution >= 0.6 is 0 Å². The molecule has 0 atom stereocenters. The molecule has 0 amide bonds. The molecule has 0 saturated carbocycles. The summed E-state index contributed by atoms with van der Waals surface area (Å²) in [6.45, 7) is 3.84. The van der Waals surface area contributed by atoms with Gasteiger partial charge >= 0.3 is 0 Å². The predicted octanol–water partition coefficient (Wildman–Crippen LogP) is 1.58. The second kappa shape index (κ2) is 6.20. The number of amidine groups is 1. The van der Waals surface area contributed by atoms with Crippen molar-refractivity contribution < 1.29 is 9.13 Å². The summed E-state index contributed by atoms with van der Waals surface area (Å²) in [5, 5.41) is 7.43. The van der Waals surface area contributed by atoms with Gasteiger partial charge in [-0.15, -0.1) is 0 Å². The minimum atomic E-state index is -0.392. The minimum absolute atomic E-state index is 0.136. The molecular formula is C12H18FN3O. The van der Waals surface area contributed by atoms with E-state index >= 15 is 0 Å². The molecule has 94 valence electrons. The van der Waals surface area contributed by atoms with Crippen LogP contribution in [0.5, 0.6) is 0 Å². The van der Waals surface area contributed by atoms with Crippen molar-refractivity contribution in [1.29, 1.82) is 5.41 Å². The maximum absolute atomic E-state index is 13.1. The Labute approximate surface area is 101 Å². The number of nitrogens with zero attached hydrogens (tertiary/aromatic N) is 1. The van der Waals surface area contributed by atoms with E-state index in [0.717, 1.165) is 5.69 Å². The van der Waals surface area contributed by atoms with E-state index in [2.05, 4.69) is 0 Å². The molecule has 17 heavy (non-hydrogen) atoms. The maximum Gasteiger partial charge on any atom is 0.125 e. The van der Waals surface area contributed by atoms with Crippen molar-refractivity contribution in [1.82, 2.24) is 0 Å². The lowest BCUT2D eigenvalue weighted by Crippen LogP contribution is -2.26. The van der Waals surface area contributed by atoms with Crippen LogP contribution in [-0.2, 0) is 4.74 Å². The van der Waals surface area contributed by atoms with Gasteiger partial charge in [0.1, 0.15) is 11.7 Å². The number of nitrogens with two attached hydrogens (primary N) is 1. The first kappa shape index (κ1) is 13.4. The fourth-order valence-corrected chi connectivity index (χ4v) is 1.52. The largest absolute Gasteiger partial charge is 0.384 e. The molecule has 1 aromatic carbocycles. The number of likely N-dealkylation sites (N-methyl/N-ethyl adjacent to an activating group) is 1. The van der Waals surface area contributed by atoms with Gasteiger partial charge in [-0.05, 0) is 25.1 Å². The summed E-state index contributed by atoms with van der Waals surface area (Å²) in [6.07, 6.45) is 0. The summed E-state index contributed by atoms with van der Waals surface area (Å²) in [7, 11) is 1.86. The average molecular weight is 239 g/mol. The fraction of sp³-hybridized carbons (Fsp3) is 0.417. The van der Waals surface area contributed by atoms with E-state index < -0.39 is 5.82 Å². The normalized spacial score (nSPS) is 10.3. The van der Waals surface area contributed by atoms with Crippen molar-refractivity contribution in [3.8, 4) is 0 Å². The van der Waals surface area contributed by atoms with Crippen molar-refractivity contribution >= 4 is 11.5 Å². The lowest BCUT2D eigenvalue weighted by atomic mass is 10.1. The van der Waals surface area contributed by atoms with Crippen LogP contribution in [0.25, 0.3) is 0 Å². The van der Waals surface area contributed by atoms with E-state index in [-0.39, 0.29) is 5.84 Å². The highest BCUT2D eigenvalue weighted by atomic mass is 19.1. The van der Waals surface area contributed by atoms with Gasteiger partial charge in [0.15, 0.2) is 0 Å². The van der Waals surface area contributed by atoms with Crippen LogP contribution in [0, 0.1) is 11.2 Å². The minimum Gasteiger partial charge on any atom is -0.384 e. The molecule has 0 aliphatic rings. The summed E-state index contributed by atoms with van der Waals surface area (Å²) in [5.74, 6) is -0.528. The maximum atomic E-state index is 13.1. The van der Waals surface area contributed by atoms with E-state index in [4.69, 9.17) is 15.9 Å². The van der Waals surface area contributed by atoms with Gasteiger partial charge in [-0.3, -0.25) is 5.41 Å². The molecule has 0 spiro atoms. The molecule has 3 N–H and O–H groups in total. The third kappa shape index (κ3) is 3.71. The first-order chi connectivity index (χ1) is 8.06. The molecule has 1 rings (SSSR count). The van der Waals surface area contributed by atoms with Crippen LogP contribution in [0.3, 0.4) is 0 Å². The Morgan fingerprint density at radius 1 is 1.53 bits per heavy atom. The summed E-state index contributed by atoms with van der Waals surface area (Å²) < 4.78 is 18.3. The quantitative estimate of drug-likeness (QED) is 0.450. The highest BCUT2D eigenvalue weighted by Crippen LogP contribution is 2.20. The number of anilines is 1. The number of rotatable bonds is 6. The fourth-order valence-electron chi connectivity index (χ4n) is 1.52. The van der Waals surface area contributed by atoms with Crippen molar-refractivity contribution in [2.45, 2.75) is 6.92 Å². The Hall–Kier alpha value is -1.62. The number of nitrogen functional groups attached to an aromatic ring is 1. The number of ether oxygens (including phenoxy) is 1. The zero-order valence-corrected chi connectivity index (χ0v) is 10.2. The molecular weight excluding hydrogens is 221 g/mol. The topological polar surface area (TPSA) is 62.3 Å². The van der Waals surface area contributed by atoms with Crippen LogP contribution in [-0.4, -0.2) is 32.6 Å². The Kier molecular flexibility index (Phi) is 4.90. The Balaban J connectivity index is 2.84. The standard InChI is InChI=1S/C12H18FN3O/c1-3-17-7-6-16(2)11-5-4-9(13)8-10(11)12(14)15/h4-5,8H,3,6-7H2,1-2H3,(H3,14,15). The SMILES string of the molecule is CCOCCN(C)c1ccc(F)cc1C(=N)N. The number of halogens is 1. The lowest BCUT2D eigenvalue weighted by molar-refractivity contribution is 0.154. The van der Waals surface area contributed by atoms with Gasteiger partial charge in [0.2, 0.25) is 0 Å². The molecule has 4 nitrogen and oxygen atoms in total. The second-order valence-electron chi connectivity index (χ2n) is 3.69. The van der Waals surface area contributed by atoms with Crippen LogP contribution in [0.2, 0.25) is 0 Å². The van der Waals surface area contributed by atoms with Gasteiger partial charge in [0.05, 0.1) is 6.61 Å². The summed E-state index contributed by atoms with van der Waals surface area (Å²) in [4.78, 5) is 1.89. The van der Waals surface area contributed by atoms with E-state index in [0.29, 0.717) is 25.3 Å². The molecule has 0 unspecified atom stereocenters.